The van der Waals surface area contributed by atoms with Crippen LogP contribution in [0.3, 0.4) is 0 Å². The minimum absolute atomic E-state index is 0.366. The maximum absolute atomic E-state index is 4.11. The molecule has 20 heavy (non-hydrogen) atoms. The Balaban J connectivity index is 1.76. The molecule has 2 aromatic rings. The predicted molar refractivity (Wildman–Crippen MR) is 84.8 cm³/mol. The van der Waals surface area contributed by atoms with Gasteiger partial charge in [0.15, 0.2) is 0 Å². The van der Waals surface area contributed by atoms with Crippen LogP contribution in [0.5, 0.6) is 0 Å². The van der Waals surface area contributed by atoms with Crippen LogP contribution in [0.25, 0.3) is 0 Å². The smallest absolute Gasteiger partial charge is 0.0448 e. The van der Waals surface area contributed by atoms with E-state index in [2.05, 4.69) is 46.9 Å². The van der Waals surface area contributed by atoms with Crippen LogP contribution in [0.4, 0.5) is 0 Å². The normalized spacial score (nSPS) is 19.1. The van der Waals surface area contributed by atoms with Gasteiger partial charge in [-0.1, -0.05) is 18.9 Å². The quantitative estimate of drug-likeness (QED) is 0.860. The second-order valence-corrected chi connectivity index (χ2v) is 6.69. The monoisotopic (exact) mass is 286 g/mol. The molecular weight excluding hydrogens is 264 g/mol. The molecule has 2 aromatic heterocycles. The third-order valence-corrected chi connectivity index (χ3v) is 5.31. The molecule has 1 fully saturated rings. The summed E-state index contributed by atoms with van der Waals surface area (Å²) >= 11 is 1.88. The summed E-state index contributed by atoms with van der Waals surface area (Å²) in [6.07, 6.45) is 9.25. The standard InChI is InChI=1S/C17H22N2S/c1-13(14-8-10-18-11-9-14)19-17(15-5-2-3-6-15)16-7-4-12-20-16/h4,7-13,15,17,19H,2-3,5-6H2,1H3. The Labute approximate surface area is 125 Å². The molecule has 2 atom stereocenters. The molecule has 2 heterocycles. The van der Waals surface area contributed by atoms with Gasteiger partial charge in [-0.2, -0.15) is 0 Å². The van der Waals surface area contributed by atoms with Gasteiger partial charge in [0.25, 0.3) is 0 Å². The average molecular weight is 286 g/mol. The molecule has 3 heteroatoms. The largest absolute Gasteiger partial charge is 0.302 e. The van der Waals surface area contributed by atoms with Crippen LogP contribution in [0.15, 0.2) is 42.0 Å². The van der Waals surface area contributed by atoms with Crippen LogP contribution in [0.2, 0.25) is 0 Å². The van der Waals surface area contributed by atoms with Crippen molar-refractivity contribution in [2.24, 2.45) is 5.92 Å². The summed E-state index contributed by atoms with van der Waals surface area (Å²) in [5.74, 6) is 0.790. The van der Waals surface area contributed by atoms with E-state index in [0.29, 0.717) is 12.1 Å². The van der Waals surface area contributed by atoms with E-state index in [1.165, 1.54) is 36.1 Å². The summed E-state index contributed by atoms with van der Waals surface area (Å²) in [5.41, 5.74) is 1.32. The van der Waals surface area contributed by atoms with Crippen LogP contribution >= 0.6 is 11.3 Å². The molecule has 2 unspecified atom stereocenters. The molecule has 1 aliphatic carbocycles. The van der Waals surface area contributed by atoms with Crippen LogP contribution in [0.1, 0.15) is 55.1 Å². The SMILES string of the molecule is CC(NC(c1cccs1)C1CCCC1)c1ccncc1. The van der Waals surface area contributed by atoms with Gasteiger partial charge in [0.05, 0.1) is 0 Å². The predicted octanol–water partition coefficient (Wildman–Crippen LogP) is 4.73. The number of rotatable bonds is 5. The highest BCUT2D eigenvalue weighted by molar-refractivity contribution is 7.10. The lowest BCUT2D eigenvalue weighted by molar-refractivity contribution is 0.343. The van der Waals surface area contributed by atoms with Crippen molar-refractivity contribution in [3.8, 4) is 0 Å². The maximum Gasteiger partial charge on any atom is 0.0448 e. The molecule has 0 aliphatic heterocycles. The summed E-state index contributed by atoms with van der Waals surface area (Å²) in [5, 5.41) is 6.05. The molecule has 2 nitrogen and oxygen atoms in total. The van der Waals surface area contributed by atoms with Crippen molar-refractivity contribution in [3.05, 3.63) is 52.5 Å². The first-order valence-electron chi connectivity index (χ1n) is 7.54. The number of aromatic nitrogens is 1. The van der Waals surface area contributed by atoms with Gasteiger partial charge in [-0.3, -0.25) is 4.98 Å². The van der Waals surface area contributed by atoms with E-state index in [-0.39, 0.29) is 0 Å². The van der Waals surface area contributed by atoms with Crippen molar-refractivity contribution < 1.29 is 0 Å². The van der Waals surface area contributed by atoms with Crippen molar-refractivity contribution in [1.29, 1.82) is 0 Å². The zero-order valence-corrected chi connectivity index (χ0v) is 12.8. The number of nitrogens with zero attached hydrogens (tertiary/aromatic N) is 1. The lowest BCUT2D eigenvalue weighted by Gasteiger charge is -2.27. The fourth-order valence-electron chi connectivity index (χ4n) is 3.23. The third-order valence-electron chi connectivity index (χ3n) is 4.36. The van der Waals surface area contributed by atoms with Crippen molar-refractivity contribution in [3.63, 3.8) is 0 Å². The van der Waals surface area contributed by atoms with Crippen molar-refractivity contribution in [1.82, 2.24) is 10.3 Å². The lowest BCUT2D eigenvalue weighted by Crippen LogP contribution is -2.29. The van der Waals surface area contributed by atoms with E-state index < -0.39 is 0 Å². The molecule has 0 aromatic carbocycles. The highest BCUT2D eigenvalue weighted by Crippen LogP contribution is 2.38. The molecule has 3 rings (SSSR count). The Morgan fingerprint density at radius 3 is 2.60 bits per heavy atom. The first-order chi connectivity index (χ1) is 9.84. The van der Waals surface area contributed by atoms with Gasteiger partial charge in [-0.15, -0.1) is 11.3 Å². The molecule has 106 valence electrons. The molecular formula is C17H22N2S. The van der Waals surface area contributed by atoms with E-state index in [4.69, 9.17) is 0 Å². The number of thiophene rings is 1. The Hall–Kier alpha value is -1.19. The first-order valence-corrected chi connectivity index (χ1v) is 8.42. The van der Waals surface area contributed by atoms with E-state index >= 15 is 0 Å². The van der Waals surface area contributed by atoms with Crippen molar-refractivity contribution in [2.75, 3.05) is 0 Å². The molecule has 0 saturated heterocycles. The van der Waals surface area contributed by atoms with Crippen molar-refractivity contribution >= 4 is 11.3 Å². The number of hydrogen-bond acceptors (Lipinski definition) is 3. The maximum atomic E-state index is 4.11. The molecule has 0 amide bonds. The van der Waals surface area contributed by atoms with Gasteiger partial charge in [0.1, 0.15) is 0 Å². The van der Waals surface area contributed by atoms with Gasteiger partial charge in [0.2, 0.25) is 0 Å². The summed E-state index contributed by atoms with van der Waals surface area (Å²) in [4.78, 5) is 5.59. The second kappa shape index (κ2) is 6.51. The van der Waals surface area contributed by atoms with E-state index in [1.807, 2.05) is 23.7 Å². The summed E-state index contributed by atoms with van der Waals surface area (Å²) in [6.45, 7) is 2.25. The summed E-state index contributed by atoms with van der Waals surface area (Å²) in [6, 6.07) is 9.53. The lowest BCUT2D eigenvalue weighted by atomic mass is 9.95. The second-order valence-electron chi connectivity index (χ2n) is 5.71. The Morgan fingerprint density at radius 1 is 1.20 bits per heavy atom. The number of hydrogen-bond donors (Lipinski definition) is 1. The Morgan fingerprint density at radius 2 is 1.95 bits per heavy atom. The van der Waals surface area contributed by atoms with Gasteiger partial charge in [0, 0.05) is 29.4 Å². The van der Waals surface area contributed by atoms with Crippen LogP contribution in [-0.2, 0) is 0 Å². The summed E-state index contributed by atoms with van der Waals surface area (Å²) in [7, 11) is 0. The van der Waals surface area contributed by atoms with Gasteiger partial charge < -0.3 is 5.32 Å². The number of pyridine rings is 1. The van der Waals surface area contributed by atoms with Crippen LogP contribution < -0.4 is 5.32 Å². The average Bonchev–Trinajstić information content (AvgIpc) is 3.19. The van der Waals surface area contributed by atoms with Crippen LogP contribution in [0, 0.1) is 5.92 Å². The third kappa shape index (κ3) is 3.10. The summed E-state index contributed by atoms with van der Waals surface area (Å²) < 4.78 is 0. The van der Waals surface area contributed by atoms with Gasteiger partial charge in [-0.25, -0.2) is 0 Å². The van der Waals surface area contributed by atoms with Gasteiger partial charge in [-0.05, 0) is 54.8 Å². The van der Waals surface area contributed by atoms with Crippen molar-refractivity contribution in [2.45, 2.75) is 44.7 Å². The minimum atomic E-state index is 0.366. The fourth-order valence-corrected chi connectivity index (χ4v) is 4.11. The van der Waals surface area contributed by atoms with Crippen LogP contribution in [-0.4, -0.2) is 4.98 Å². The number of nitrogens with one attached hydrogen (secondary N) is 1. The molecule has 1 saturated carbocycles. The molecule has 1 aliphatic rings. The minimum Gasteiger partial charge on any atom is -0.302 e. The zero-order chi connectivity index (χ0) is 13.8. The Kier molecular flexibility index (Phi) is 4.48. The highest BCUT2D eigenvalue weighted by atomic mass is 32.1. The Bertz CT molecular complexity index is 503. The zero-order valence-electron chi connectivity index (χ0n) is 12.0. The van der Waals surface area contributed by atoms with E-state index in [9.17, 15) is 0 Å². The van der Waals surface area contributed by atoms with E-state index in [1.54, 1.807) is 0 Å². The topological polar surface area (TPSA) is 24.9 Å². The molecule has 0 spiro atoms. The fraction of sp³-hybridized carbons (Fsp3) is 0.471. The molecule has 1 N–H and O–H groups in total. The van der Waals surface area contributed by atoms with E-state index in [0.717, 1.165) is 5.92 Å². The molecule has 0 bridgehead atoms. The first kappa shape index (κ1) is 13.8. The highest BCUT2D eigenvalue weighted by Gasteiger charge is 2.28. The van der Waals surface area contributed by atoms with Gasteiger partial charge >= 0.3 is 0 Å². The molecule has 0 radical (unpaired) electrons.